The van der Waals surface area contributed by atoms with E-state index in [9.17, 15) is 0 Å². The van der Waals surface area contributed by atoms with Crippen molar-refractivity contribution in [3.63, 3.8) is 0 Å². The lowest BCUT2D eigenvalue weighted by molar-refractivity contribution is 0.573. The highest BCUT2D eigenvalue weighted by Crippen LogP contribution is 2.19. The molecule has 27 heavy (non-hydrogen) atoms. The highest BCUT2D eigenvalue weighted by atomic mass is 32.1. The molecule has 0 saturated carbocycles. The highest BCUT2D eigenvalue weighted by molar-refractivity contribution is 7.11. The van der Waals surface area contributed by atoms with E-state index in [-0.39, 0.29) is 0 Å². The van der Waals surface area contributed by atoms with Crippen LogP contribution in [0.1, 0.15) is 47.3 Å². The van der Waals surface area contributed by atoms with Crippen molar-refractivity contribution in [2.75, 3.05) is 24.5 Å². The lowest BCUT2D eigenvalue weighted by Crippen LogP contribution is -2.36. The van der Waals surface area contributed by atoms with Gasteiger partial charge in [-0.25, -0.2) is 15.0 Å². The number of hydrogen-bond acceptors (Lipinski definition) is 5. The number of aryl methyl sites for hydroxylation is 2. The highest BCUT2D eigenvalue weighted by Gasteiger charge is 2.12. The Kier molecular flexibility index (Phi) is 7.04. The lowest BCUT2D eigenvalue weighted by atomic mass is 10.1. The number of anilines is 1. The molecule has 7 heteroatoms. The predicted octanol–water partition coefficient (Wildman–Crippen LogP) is 3.40. The summed E-state index contributed by atoms with van der Waals surface area (Å²) in [6.07, 6.45) is 5.75. The number of nitrogens with zero attached hydrogens (tertiary/aromatic N) is 4. The van der Waals surface area contributed by atoms with E-state index in [1.165, 1.54) is 29.7 Å². The molecule has 0 radical (unpaired) electrons. The van der Waals surface area contributed by atoms with Crippen LogP contribution < -0.4 is 15.5 Å². The first-order valence-electron chi connectivity index (χ1n) is 9.80. The Bertz CT molecular complexity index is 764. The average Bonchev–Trinajstić information content (AvgIpc) is 3.02. The molecule has 0 bridgehead atoms. The minimum atomic E-state index is 0.638. The molecule has 3 heterocycles. The third-order valence-electron chi connectivity index (χ3n) is 4.67. The van der Waals surface area contributed by atoms with E-state index in [2.05, 4.69) is 51.5 Å². The monoisotopic (exact) mass is 386 g/mol. The molecule has 2 N–H and O–H groups in total. The summed E-state index contributed by atoms with van der Waals surface area (Å²) < 4.78 is 0. The van der Waals surface area contributed by atoms with Crippen molar-refractivity contribution in [1.82, 2.24) is 20.6 Å². The molecule has 2 aromatic heterocycles. The standard InChI is InChI=1S/C20H30N6S/c1-4-21-20(24-14-18-15(2)25-16(3)27-18)23-13-17-8-9-22-19(12-17)26-10-6-5-7-11-26/h8-9,12H,4-7,10-11,13-14H2,1-3H3,(H2,21,23,24). The fourth-order valence-corrected chi connectivity index (χ4v) is 4.15. The van der Waals surface area contributed by atoms with Crippen LogP contribution >= 0.6 is 11.3 Å². The van der Waals surface area contributed by atoms with Crippen molar-refractivity contribution in [3.8, 4) is 0 Å². The van der Waals surface area contributed by atoms with Gasteiger partial charge in [0, 0.05) is 30.7 Å². The summed E-state index contributed by atoms with van der Waals surface area (Å²) in [5.74, 6) is 1.91. The number of pyridine rings is 1. The summed E-state index contributed by atoms with van der Waals surface area (Å²) >= 11 is 1.74. The average molecular weight is 387 g/mol. The number of aliphatic imine (C=N–C) groups is 1. The maximum Gasteiger partial charge on any atom is 0.191 e. The van der Waals surface area contributed by atoms with Gasteiger partial charge in [0.15, 0.2) is 5.96 Å². The Morgan fingerprint density at radius 3 is 2.74 bits per heavy atom. The van der Waals surface area contributed by atoms with Gasteiger partial charge in [0.05, 0.1) is 23.8 Å². The first-order valence-corrected chi connectivity index (χ1v) is 10.6. The second kappa shape index (κ2) is 9.69. The van der Waals surface area contributed by atoms with Gasteiger partial charge in [-0.3, -0.25) is 0 Å². The van der Waals surface area contributed by atoms with Gasteiger partial charge < -0.3 is 15.5 Å². The van der Waals surface area contributed by atoms with Gasteiger partial charge in [-0.2, -0.15) is 0 Å². The van der Waals surface area contributed by atoms with Crippen molar-refractivity contribution in [1.29, 1.82) is 0 Å². The molecule has 1 aliphatic heterocycles. The van der Waals surface area contributed by atoms with Gasteiger partial charge in [-0.05, 0) is 57.7 Å². The Morgan fingerprint density at radius 2 is 2.04 bits per heavy atom. The van der Waals surface area contributed by atoms with E-state index < -0.39 is 0 Å². The largest absolute Gasteiger partial charge is 0.357 e. The lowest BCUT2D eigenvalue weighted by Gasteiger charge is -2.27. The first-order chi connectivity index (χ1) is 13.2. The minimum absolute atomic E-state index is 0.638. The number of aromatic nitrogens is 2. The number of nitrogens with one attached hydrogen (secondary N) is 2. The Balaban J connectivity index is 1.63. The normalized spacial score (nSPS) is 15.1. The number of piperidine rings is 1. The van der Waals surface area contributed by atoms with Gasteiger partial charge in [0.1, 0.15) is 5.82 Å². The van der Waals surface area contributed by atoms with Crippen molar-refractivity contribution in [2.24, 2.45) is 4.99 Å². The summed E-state index contributed by atoms with van der Waals surface area (Å²) in [6.45, 7) is 10.6. The number of thiazole rings is 1. The van der Waals surface area contributed by atoms with Gasteiger partial charge in [0.25, 0.3) is 0 Å². The van der Waals surface area contributed by atoms with E-state index in [1.54, 1.807) is 11.3 Å². The molecule has 2 aromatic rings. The Labute approximate surface area is 166 Å². The summed E-state index contributed by atoms with van der Waals surface area (Å²) in [7, 11) is 0. The summed E-state index contributed by atoms with van der Waals surface area (Å²) in [5, 5.41) is 7.85. The SMILES string of the molecule is CCNC(=NCc1ccnc(N2CCCCC2)c1)NCc1sc(C)nc1C. The molecule has 1 fully saturated rings. The molecule has 0 aromatic carbocycles. The zero-order chi connectivity index (χ0) is 19.1. The van der Waals surface area contributed by atoms with Crippen LogP contribution in [0.25, 0.3) is 0 Å². The van der Waals surface area contributed by atoms with Gasteiger partial charge in [-0.1, -0.05) is 0 Å². The summed E-state index contributed by atoms with van der Waals surface area (Å²) in [4.78, 5) is 17.4. The van der Waals surface area contributed by atoms with E-state index in [4.69, 9.17) is 4.99 Å². The fourth-order valence-electron chi connectivity index (χ4n) is 3.27. The van der Waals surface area contributed by atoms with Crippen LogP contribution in [0.5, 0.6) is 0 Å². The maximum absolute atomic E-state index is 4.75. The number of rotatable bonds is 6. The molecule has 3 rings (SSSR count). The zero-order valence-corrected chi connectivity index (χ0v) is 17.4. The summed E-state index contributed by atoms with van der Waals surface area (Å²) in [5.41, 5.74) is 2.29. The van der Waals surface area contributed by atoms with Crippen molar-refractivity contribution in [2.45, 2.75) is 53.1 Å². The third-order valence-corrected chi connectivity index (χ3v) is 5.74. The third kappa shape index (κ3) is 5.66. The molecule has 0 amide bonds. The molecule has 0 unspecified atom stereocenters. The smallest absolute Gasteiger partial charge is 0.191 e. The van der Waals surface area contributed by atoms with Crippen LogP contribution in [0.3, 0.4) is 0 Å². The molecule has 0 spiro atoms. The van der Waals surface area contributed by atoms with E-state index >= 15 is 0 Å². The zero-order valence-electron chi connectivity index (χ0n) is 16.6. The van der Waals surface area contributed by atoms with Crippen LogP contribution in [0.4, 0.5) is 5.82 Å². The van der Waals surface area contributed by atoms with Gasteiger partial charge in [0.2, 0.25) is 0 Å². The second-order valence-corrected chi connectivity index (χ2v) is 8.15. The van der Waals surface area contributed by atoms with Crippen LogP contribution in [0.2, 0.25) is 0 Å². The van der Waals surface area contributed by atoms with Crippen molar-refractivity contribution in [3.05, 3.63) is 39.5 Å². The molecular formula is C20H30N6S. The van der Waals surface area contributed by atoms with E-state index in [1.807, 2.05) is 13.1 Å². The number of guanidine groups is 1. The number of hydrogen-bond donors (Lipinski definition) is 2. The topological polar surface area (TPSA) is 65.4 Å². The van der Waals surface area contributed by atoms with Gasteiger partial charge >= 0.3 is 0 Å². The van der Waals surface area contributed by atoms with E-state index in [0.717, 1.165) is 48.7 Å². The molecule has 146 valence electrons. The van der Waals surface area contributed by atoms with Crippen LogP contribution in [0.15, 0.2) is 23.3 Å². The minimum Gasteiger partial charge on any atom is -0.357 e. The van der Waals surface area contributed by atoms with Crippen molar-refractivity contribution < 1.29 is 0 Å². The van der Waals surface area contributed by atoms with Crippen LogP contribution in [-0.2, 0) is 13.1 Å². The molecule has 0 aliphatic carbocycles. The molecule has 1 saturated heterocycles. The second-order valence-electron chi connectivity index (χ2n) is 6.86. The summed E-state index contributed by atoms with van der Waals surface area (Å²) in [6, 6.07) is 4.23. The maximum atomic E-state index is 4.75. The van der Waals surface area contributed by atoms with Crippen LogP contribution in [-0.4, -0.2) is 35.6 Å². The molecule has 6 nitrogen and oxygen atoms in total. The first kappa shape index (κ1) is 19.6. The van der Waals surface area contributed by atoms with E-state index in [0.29, 0.717) is 6.54 Å². The molecule has 0 atom stereocenters. The molecular weight excluding hydrogens is 356 g/mol. The molecule has 1 aliphatic rings. The predicted molar refractivity (Wildman–Crippen MR) is 114 cm³/mol. The quantitative estimate of drug-likeness (QED) is 0.588. The van der Waals surface area contributed by atoms with Gasteiger partial charge in [-0.15, -0.1) is 11.3 Å². The Morgan fingerprint density at radius 1 is 1.22 bits per heavy atom. The van der Waals surface area contributed by atoms with Crippen LogP contribution in [0, 0.1) is 13.8 Å². The Hall–Kier alpha value is -2.15. The fraction of sp³-hybridized carbons (Fsp3) is 0.550. The van der Waals surface area contributed by atoms with Crippen molar-refractivity contribution >= 4 is 23.1 Å².